The molecule has 4 rings (SSSR count). The summed E-state index contributed by atoms with van der Waals surface area (Å²) in [4.78, 5) is 39.2. The van der Waals surface area contributed by atoms with Crippen LogP contribution in [0.2, 0.25) is 0 Å². The number of carbonyl (C=O) groups is 2. The lowest BCUT2D eigenvalue weighted by Gasteiger charge is -2.34. The van der Waals surface area contributed by atoms with Gasteiger partial charge in [-0.15, -0.1) is 0 Å². The fourth-order valence-corrected chi connectivity index (χ4v) is 4.19. The Morgan fingerprint density at radius 2 is 1.83 bits per heavy atom. The van der Waals surface area contributed by atoms with Crippen molar-refractivity contribution in [3.8, 4) is 0 Å². The summed E-state index contributed by atoms with van der Waals surface area (Å²) < 4.78 is 0. The third-order valence-electron chi connectivity index (χ3n) is 5.04. The number of nitrogens with zero attached hydrogens (tertiary/aromatic N) is 4. The topological polar surface area (TPSA) is 78.4 Å². The Morgan fingerprint density at radius 3 is 2.53 bits per heavy atom. The zero-order chi connectivity index (χ0) is 21.3. The first-order chi connectivity index (χ1) is 14.3. The molecule has 1 fully saturated rings. The summed E-state index contributed by atoms with van der Waals surface area (Å²) in [5.74, 6) is -0.0986. The van der Waals surface area contributed by atoms with Gasteiger partial charge in [0.15, 0.2) is 5.13 Å². The minimum atomic E-state index is -0.494. The number of benzene rings is 1. The smallest absolute Gasteiger partial charge is 0.254 e. The Bertz CT molecular complexity index is 1050. The zero-order valence-corrected chi connectivity index (χ0v) is 18.2. The molecule has 0 radical (unpaired) electrons. The molecular weight excluding hydrogens is 398 g/mol. The van der Waals surface area contributed by atoms with Crippen LogP contribution in [0, 0.1) is 5.41 Å². The number of carbonyl (C=O) groups excluding carboxylic acids is 2. The maximum absolute atomic E-state index is 13.0. The van der Waals surface area contributed by atoms with E-state index in [1.54, 1.807) is 41.8 Å². The minimum Gasteiger partial charge on any atom is -0.344 e. The fraction of sp³-hybridized carbons (Fsp3) is 0.364. The number of hydrogen-bond donors (Lipinski definition) is 1. The second kappa shape index (κ2) is 8.02. The molecule has 0 atom stereocenters. The molecule has 7 nitrogen and oxygen atoms in total. The van der Waals surface area contributed by atoms with Gasteiger partial charge in [-0.25, -0.2) is 9.97 Å². The maximum Gasteiger partial charge on any atom is 0.254 e. The molecule has 3 heterocycles. The molecule has 8 heteroatoms. The average Bonchev–Trinajstić information content (AvgIpc) is 3.17. The van der Waals surface area contributed by atoms with Crippen LogP contribution in [-0.2, 0) is 4.79 Å². The van der Waals surface area contributed by atoms with Crippen molar-refractivity contribution in [1.29, 1.82) is 0 Å². The molecule has 1 N–H and O–H groups in total. The molecule has 156 valence electrons. The van der Waals surface area contributed by atoms with Gasteiger partial charge < -0.3 is 15.1 Å². The van der Waals surface area contributed by atoms with Crippen LogP contribution in [0.25, 0.3) is 10.3 Å². The maximum atomic E-state index is 13.0. The normalized spacial score (nSPS) is 14.8. The van der Waals surface area contributed by atoms with Gasteiger partial charge in [-0.1, -0.05) is 38.2 Å². The highest BCUT2D eigenvalue weighted by molar-refractivity contribution is 7.21. The number of pyridine rings is 1. The summed E-state index contributed by atoms with van der Waals surface area (Å²) in [7, 11) is 0. The van der Waals surface area contributed by atoms with E-state index in [0.717, 1.165) is 28.6 Å². The molecule has 0 saturated carbocycles. The van der Waals surface area contributed by atoms with Crippen molar-refractivity contribution in [3.05, 3.63) is 48.2 Å². The number of piperazine rings is 1. The van der Waals surface area contributed by atoms with E-state index in [9.17, 15) is 9.59 Å². The standard InChI is InChI=1S/C22H25N5O2S/c1-22(2,3)20(29)24-16-7-4-6-15(14-16)19(28)26-10-12-27(13-11-26)21-25-17-8-5-9-23-18(17)30-21/h4-9,14H,10-13H2,1-3H3,(H,24,29). The van der Waals surface area contributed by atoms with Gasteiger partial charge in [0.05, 0.1) is 0 Å². The van der Waals surface area contributed by atoms with E-state index in [2.05, 4.69) is 20.2 Å². The first kappa shape index (κ1) is 20.3. The van der Waals surface area contributed by atoms with Crippen molar-refractivity contribution in [2.24, 2.45) is 5.41 Å². The molecule has 2 amide bonds. The summed E-state index contributed by atoms with van der Waals surface area (Å²) in [6.45, 7) is 8.29. The highest BCUT2D eigenvalue weighted by atomic mass is 32.1. The van der Waals surface area contributed by atoms with Crippen LogP contribution >= 0.6 is 11.3 Å². The monoisotopic (exact) mass is 423 g/mol. The van der Waals surface area contributed by atoms with Crippen molar-refractivity contribution in [3.63, 3.8) is 0 Å². The van der Waals surface area contributed by atoms with Crippen LogP contribution < -0.4 is 10.2 Å². The first-order valence-corrected chi connectivity index (χ1v) is 10.8. The lowest BCUT2D eigenvalue weighted by atomic mass is 9.95. The van der Waals surface area contributed by atoms with E-state index < -0.39 is 5.41 Å². The third-order valence-corrected chi connectivity index (χ3v) is 6.08. The van der Waals surface area contributed by atoms with E-state index in [1.165, 1.54) is 0 Å². The van der Waals surface area contributed by atoms with Crippen molar-refractivity contribution >= 4 is 44.3 Å². The molecule has 0 bridgehead atoms. The highest BCUT2D eigenvalue weighted by Crippen LogP contribution is 2.28. The Labute approximate surface area is 179 Å². The quantitative estimate of drug-likeness (QED) is 0.696. The number of aromatic nitrogens is 2. The lowest BCUT2D eigenvalue weighted by Crippen LogP contribution is -2.48. The summed E-state index contributed by atoms with van der Waals surface area (Å²) >= 11 is 1.58. The second-order valence-electron chi connectivity index (χ2n) is 8.39. The molecule has 30 heavy (non-hydrogen) atoms. The summed E-state index contributed by atoms with van der Waals surface area (Å²) in [5.41, 5.74) is 1.64. The van der Waals surface area contributed by atoms with Crippen LogP contribution in [0.5, 0.6) is 0 Å². The highest BCUT2D eigenvalue weighted by Gasteiger charge is 2.25. The van der Waals surface area contributed by atoms with Gasteiger partial charge in [-0.2, -0.15) is 0 Å². The molecule has 1 aliphatic rings. The van der Waals surface area contributed by atoms with Gasteiger partial charge >= 0.3 is 0 Å². The van der Waals surface area contributed by atoms with E-state index in [0.29, 0.717) is 24.3 Å². The zero-order valence-electron chi connectivity index (χ0n) is 17.4. The van der Waals surface area contributed by atoms with Crippen LogP contribution in [0.15, 0.2) is 42.6 Å². The Balaban J connectivity index is 1.40. The van der Waals surface area contributed by atoms with E-state index in [1.807, 2.05) is 37.8 Å². The van der Waals surface area contributed by atoms with Gasteiger partial charge in [0.2, 0.25) is 5.91 Å². The number of anilines is 2. The molecule has 1 aliphatic heterocycles. The molecule has 0 spiro atoms. The van der Waals surface area contributed by atoms with Crippen LogP contribution in [0.1, 0.15) is 31.1 Å². The predicted molar refractivity (Wildman–Crippen MR) is 120 cm³/mol. The van der Waals surface area contributed by atoms with Gasteiger partial charge in [-0.05, 0) is 30.3 Å². The molecule has 3 aromatic rings. The van der Waals surface area contributed by atoms with Gasteiger partial charge in [-0.3, -0.25) is 9.59 Å². The summed E-state index contributed by atoms with van der Waals surface area (Å²) in [6, 6.07) is 11.0. The van der Waals surface area contributed by atoms with E-state index in [4.69, 9.17) is 0 Å². The number of hydrogen-bond acceptors (Lipinski definition) is 6. The van der Waals surface area contributed by atoms with Crippen LogP contribution in [0.3, 0.4) is 0 Å². The van der Waals surface area contributed by atoms with Gasteiger partial charge in [0, 0.05) is 49.0 Å². The fourth-order valence-electron chi connectivity index (χ4n) is 3.23. The van der Waals surface area contributed by atoms with Crippen LogP contribution in [0.4, 0.5) is 10.8 Å². The number of fused-ring (bicyclic) bond motifs is 1. The van der Waals surface area contributed by atoms with Crippen molar-refractivity contribution in [2.45, 2.75) is 20.8 Å². The Kier molecular flexibility index (Phi) is 5.42. The molecule has 2 aromatic heterocycles. The predicted octanol–water partition coefficient (Wildman–Crippen LogP) is 3.64. The van der Waals surface area contributed by atoms with Crippen molar-refractivity contribution in [1.82, 2.24) is 14.9 Å². The van der Waals surface area contributed by atoms with E-state index in [-0.39, 0.29) is 11.8 Å². The van der Waals surface area contributed by atoms with Crippen molar-refractivity contribution in [2.75, 3.05) is 36.4 Å². The molecule has 1 aromatic carbocycles. The Morgan fingerprint density at radius 1 is 1.07 bits per heavy atom. The summed E-state index contributed by atoms with van der Waals surface area (Å²) in [5, 5.41) is 3.84. The number of thiazole rings is 1. The average molecular weight is 424 g/mol. The number of amides is 2. The van der Waals surface area contributed by atoms with Gasteiger partial charge in [0.1, 0.15) is 10.3 Å². The lowest BCUT2D eigenvalue weighted by molar-refractivity contribution is -0.123. The molecule has 0 unspecified atom stereocenters. The Hall–Kier alpha value is -3.00. The largest absolute Gasteiger partial charge is 0.344 e. The first-order valence-electron chi connectivity index (χ1n) is 9.98. The minimum absolute atomic E-state index is 0.0209. The van der Waals surface area contributed by atoms with Crippen LogP contribution in [-0.4, -0.2) is 52.9 Å². The molecule has 0 aliphatic carbocycles. The SMILES string of the molecule is CC(C)(C)C(=O)Nc1cccc(C(=O)N2CCN(c3nc4cccnc4s3)CC2)c1. The summed E-state index contributed by atoms with van der Waals surface area (Å²) in [6.07, 6.45) is 1.78. The molecule has 1 saturated heterocycles. The second-order valence-corrected chi connectivity index (χ2v) is 9.34. The molecular formula is C22H25N5O2S. The third kappa shape index (κ3) is 4.28. The van der Waals surface area contributed by atoms with Gasteiger partial charge in [0.25, 0.3) is 5.91 Å². The number of rotatable bonds is 3. The number of nitrogens with one attached hydrogen (secondary N) is 1. The van der Waals surface area contributed by atoms with Crippen molar-refractivity contribution < 1.29 is 9.59 Å². The van der Waals surface area contributed by atoms with E-state index >= 15 is 0 Å².